The van der Waals surface area contributed by atoms with Crippen LogP contribution < -0.4 is 10.2 Å². The van der Waals surface area contributed by atoms with Gasteiger partial charge in [0.25, 0.3) is 0 Å². The van der Waals surface area contributed by atoms with Crippen LogP contribution in [0.5, 0.6) is 0 Å². The zero-order valence-electron chi connectivity index (χ0n) is 12.7. The fourth-order valence-corrected chi connectivity index (χ4v) is 2.73. The van der Waals surface area contributed by atoms with Gasteiger partial charge in [-0.25, -0.2) is 14.5 Å². The minimum Gasteiger partial charge on any atom is -0.423 e. The lowest BCUT2D eigenvalue weighted by atomic mass is 9.98. The lowest BCUT2D eigenvalue weighted by Gasteiger charge is -2.19. The fraction of sp³-hybridized carbons (Fsp3) is 0.667. The Labute approximate surface area is 127 Å². The molecule has 1 N–H and O–H groups in total. The van der Waals surface area contributed by atoms with Crippen LogP contribution >= 0.6 is 11.3 Å². The van der Waals surface area contributed by atoms with Gasteiger partial charge >= 0.3 is 12.1 Å². The number of carbonyl (C=O) groups is 2. The maximum Gasteiger partial charge on any atom is 0.408 e. The third kappa shape index (κ3) is 3.07. The molecule has 3 amide bonds. The second-order valence-electron chi connectivity index (χ2n) is 5.78. The molecule has 9 heteroatoms. The Kier molecular flexibility index (Phi) is 4.04. The molecule has 2 rings (SSSR count). The third-order valence-corrected chi connectivity index (χ3v) is 4.31. The molecule has 1 atom stereocenters. The molecule has 2 heterocycles. The van der Waals surface area contributed by atoms with Crippen LogP contribution in [0, 0.1) is 0 Å². The molecule has 0 bridgehead atoms. The van der Waals surface area contributed by atoms with Crippen molar-refractivity contribution in [3.8, 4) is 0 Å². The predicted octanol–water partition coefficient (Wildman–Crippen LogP) is 1.39. The molecule has 1 aromatic heterocycles. The van der Waals surface area contributed by atoms with Crippen molar-refractivity contribution in [2.24, 2.45) is 0 Å². The van der Waals surface area contributed by atoms with E-state index >= 15 is 0 Å². The highest BCUT2D eigenvalue weighted by Gasteiger charge is 2.41. The lowest BCUT2D eigenvalue weighted by molar-refractivity contribution is 0.105. The van der Waals surface area contributed by atoms with Crippen molar-refractivity contribution in [3.05, 3.63) is 5.01 Å². The van der Waals surface area contributed by atoms with Crippen molar-refractivity contribution in [1.82, 2.24) is 20.4 Å². The van der Waals surface area contributed by atoms with E-state index in [0.717, 1.165) is 5.01 Å². The first-order chi connectivity index (χ1) is 9.74. The number of hydrogen-bond donors (Lipinski definition) is 1. The summed E-state index contributed by atoms with van der Waals surface area (Å²) in [6, 6.07) is -0.263. The number of nitrogens with zero attached hydrogens (tertiary/aromatic N) is 4. The number of rotatable bonds is 2. The number of anilines is 1. The SMILES string of the molecule is CNC(=O)OC1CN(C)C(=O)N1c1nnc(C(C)(C)C)s1. The van der Waals surface area contributed by atoms with Crippen molar-refractivity contribution >= 4 is 28.6 Å². The fourth-order valence-electron chi connectivity index (χ4n) is 1.79. The van der Waals surface area contributed by atoms with E-state index in [2.05, 4.69) is 15.5 Å². The number of urea groups is 1. The van der Waals surface area contributed by atoms with Crippen LogP contribution in [0.2, 0.25) is 0 Å². The summed E-state index contributed by atoms with van der Waals surface area (Å²) in [7, 11) is 3.12. The summed E-state index contributed by atoms with van der Waals surface area (Å²) in [4.78, 5) is 26.5. The number of ether oxygens (including phenoxy) is 1. The van der Waals surface area contributed by atoms with E-state index in [1.165, 1.54) is 28.2 Å². The van der Waals surface area contributed by atoms with Crippen molar-refractivity contribution in [2.45, 2.75) is 32.4 Å². The molecule has 0 saturated carbocycles. The highest BCUT2D eigenvalue weighted by molar-refractivity contribution is 7.15. The zero-order valence-corrected chi connectivity index (χ0v) is 13.5. The molecule has 0 aliphatic carbocycles. The van der Waals surface area contributed by atoms with E-state index in [1.54, 1.807) is 7.05 Å². The minimum absolute atomic E-state index is 0.151. The molecule has 1 aliphatic heterocycles. The third-order valence-electron chi connectivity index (χ3n) is 2.96. The summed E-state index contributed by atoms with van der Waals surface area (Å²) in [5.74, 6) is 0. The van der Waals surface area contributed by atoms with Crippen molar-refractivity contribution in [3.63, 3.8) is 0 Å². The van der Waals surface area contributed by atoms with Gasteiger partial charge in [-0.1, -0.05) is 32.1 Å². The van der Waals surface area contributed by atoms with Gasteiger partial charge in [-0.05, 0) is 0 Å². The number of nitrogens with one attached hydrogen (secondary N) is 1. The van der Waals surface area contributed by atoms with Gasteiger partial charge in [0, 0.05) is 19.5 Å². The van der Waals surface area contributed by atoms with E-state index in [-0.39, 0.29) is 18.0 Å². The normalized spacial score (nSPS) is 19.1. The molecule has 0 radical (unpaired) electrons. The van der Waals surface area contributed by atoms with Crippen LogP contribution in [0.3, 0.4) is 0 Å². The molecule has 21 heavy (non-hydrogen) atoms. The van der Waals surface area contributed by atoms with Gasteiger partial charge in [-0.3, -0.25) is 0 Å². The van der Waals surface area contributed by atoms with Crippen molar-refractivity contribution in [1.29, 1.82) is 0 Å². The van der Waals surface area contributed by atoms with Crippen LogP contribution in [-0.2, 0) is 10.2 Å². The van der Waals surface area contributed by atoms with E-state index in [0.29, 0.717) is 5.13 Å². The van der Waals surface area contributed by atoms with Gasteiger partial charge in [-0.2, -0.15) is 0 Å². The van der Waals surface area contributed by atoms with Crippen molar-refractivity contribution < 1.29 is 14.3 Å². The summed E-state index contributed by atoms with van der Waals surface area (Å²) in [6.45, 7) is 6.35. The van der Waals surface area contributed by atoms with E-state index < -0.39 is 12.3 Å². The highest BCUT2D eigenvalue weighted by atomic mass is 32.1. The summed E-state index contributed by atoms with van der Waals surface area (Å²) in [5, 5.41) is 11.8. The molecule has 1 aliphatic rings. The number of likely N-dealkylation sites (N-methyl/N-ethyl adjacent to an activating group) is 1. The number of hydrogen-bond acceptors (Lipinski definition) is 6. The van der Waals surface area contributed by atoms with Gasteiger partial charge in [0.15, 0.2) is 0 Å². The van der Waals surface area contributed by atoms with Gasteiger partial charge < -0.3 is 15.0 Å². The quantitative estimate of drug-likeness (QED) is 0.891. The zero-order chi connectivity index (χ0) is 15.8. The van der Waals surface area contributed by atoms with Gasteiger partial charge in [0.05, 0.1) is 6.54 Å². The molecule has 0 aromatic carbocycles. The Bertz CT molecular complexity index is 553. The molecular weight excluding hydrogens is 294 g/mol. The van der Waals surface area contributed by atoms with Crippen LogP contribution in [-0.4, -0.2) is 54.1 Å². The smallest absolute Gasteiger partial charge is 0.408 e. The molecule has 8 nitrogen and oxygen atoms in total. The number of amides is 3. The molecule has 1 aromatic rings. The maximum atomic E-state index is 12.2. The van der Waals surface area contributed by atoms with Gasteiger partial charge in [0.2, 0.25) is 11.4 Å². The van der Waals surface area contributed by atoms with Crippen LogP contribution in [0.1, 0.15) is 25.8 Å². The molecular formula is C12H19N5O3S. The average molecular weight is 313 g/mol. The second kappa shape index (κ2) is 5.47. The Hall–Kier alpha value is -1.90. The molecule has 0 spiro atoms. The van der Waals surface area contributed by atoms with Crippen LogP contribution in [0.4, 0.5) is 14.7 Å². The first-order valence-electron chi connectivity index (χ1n) is 6.50. The number of aromatic nitrogens is 2. The predicted molar refractivity (Wildman–Crippen MR) is 78.4 cm³/mol. The Morgan fingerprint density at radius 3 is 2.62 bits per heavy atom. The summed E-state index contributed by atoms with van der Waals surface area (Å²) in [6.07, 6.45) is -1.29. The van der Waals surface area contributed by atoms with E-state index in [1.807, 2.05) is 20.8 Å². The average Bonchev–Trinajstić information content (AvgIpc) is 2.96. The lowest BCUT2D eigenvalue weighted by Crippen LogP contribution is -2.39. The van der Waals surface area contributed by atoms with E-state index in [9.17, 15) is 9.59 Å². The Morgan fingerprint density at radius 1 is 1.43 bits per heavy atom. The summed E-state index contributed by atoms with van der Waals surface area (Å²) in [5.41, 5.74) is -0.151. The molecule has 116 valence electrons. The van der Waals surface area contributed by atoms with E-state index in [4.69, 9.17) is 4.74 Å². The van der Waals surface area contributed by atoms with Crippen LogP contribution in [0.25, 0.3) is 0 Å². The second-order valence-corrected chi connectivity index (χ2v) is 6.74. The van der Waals surface area contributed by atoms with Gasteiger partial charge in [-0.15, -0.1) is 10.2 Å². The van der Waals surface area contributed by atoms with Crippen molar-refractivity contribution in [2.75, 3.05) is 25.5 Å². The largest absolute Gasteiger partial charge is 0.423 e. The Balaban J connectivity index is 2.27. The van der Waals surface area contributed by atoms with Gasteiger partial charge in [0.1, 0.15) is 5.01 Å². The Morgan fingerprint density at radius 2 is 2.10 bits per heavy atom. The summed E-state index contributed by atoms with van der Waals surface area (Å²) < 4.78 is 5.22. The standard InChI is InChI=1S/C12H19N5O3S/c1-12(2,3)8-14-15-9(21-8)17-7(20-10(18)13-4)6-16(5)11(17)19/h7H,6H2,1-5H3,(H,13,18). The number of alkyl carbamates (subject to hydrolysis) is 1. The summed E-state index contributed by atoms with van der Waals surface area (Å²) >= 11 is 1.33. The first-order valence-corrected chi connectivity index (χ1v) is 7.32. The maximum absolute atomic E-state index is 12.2. The monoisotopic (exact) mass is 313 g/mol. The minimum atomic E-state index is -0.705. The highest BCUT2D eigenvalue weighted by Crippen LogP contribution is 2.33. The molecule has 1 unspecified atom stereocenters. The first kappa shape index (κ1) is 15.5. The topological polar surface area (TPSA) is 87.7 Å². The molecule has 1 fully saturated rings. The number of carbonyl (C=O) groups excluding carboxylic acids is 2. The molecule has 1 saturated heterocycles. The van der Waals surface area contributed by atoms with Crippen LogP contribution in [0.15, 0.2) is 0 Å².